The summed E-state index contributed by atoms with van der Waals surface area (Å²) in [6, 6.07) is 8.28. The maximum absolute atomic E-state index is 13.8. The van der Waals surface area contributed by atoms with Gasteiger partial charge in [-0.25, -0.2) is 4.39 Å². The standard InChI is InChI=1S/C15H15FN2O3/c1-9-8-11(6-7-13(9)18(19)20)21-14-5-3-4-12(16)15(14)10(2)17/h3-8,10H,17H2,1-2H3. The molecule has 1 atom stereocenters. The summed E-state index contributed by atoms with van der Waals surface area (Å²) >= 11 is 0. The van der Waals surface area contributed by atoms with Gasteiger partial charge in [-0.2, -0.15) is 0 Å². The summed E-state index contributed by atoms with van der Waals surface area (Å²) in [5.74, 6) is 0.255. The molecule has 0 saturated heterocycles. The van der Waals surface area contributed by atoms with Gasteiger partial charge in [-0.15, -0.1) is 0 Å². The number of nitro groups is 1. The molecular weight excluding hydrogens is 275 g/mol. The fourth-order valence-corrected chi connectivity index (χ4v) is 2.07. The van der Waals surface area contributed by atoms with E-state index in [0.717, 1.165) is 0 Å². The first-order chi connectivity index (χ1) is 9.90. The zero-order chi connectivity index (χ0) is 15.6. The molecule has 110 valence electrons. The van der Waals surface area contributed by atoms with Crippen LogP contribution in [0.1, 0.15) is 24.1 Å². The van der Waals surface area contributed by atoms with Crippen molar-refractivity contribution < 1.29 is 14.1 Å². The van der Waals surface area contributed by atoms with Crippen molar-refractivity contribution in [2.45, 2.75) is 19.9 Å². The van der Waals surface area contributed by atoms with E-state index in [1.54, 1.807) is 19.9 Å². The van der Waals surface area contributed by atoms with Gasteiger partial charge < -0.3 is 10.5 Å². The van der Waals surface area contributed by atoms with Gasteiger partial charge in [0.25, 0.3) is 5.69 Å². The predicted molar refractivity (Wildman–Crippen MR) is 76.9 cm³/mol. The normalized spacial score (nSPS) is 12.0. The summed E-state index contributed by atoms with van der Waals surface area (Å²) in [6.07, 6.45) is 0. The average Bonchev–Trinajstić information content (AvgIpc) is 2.37. The van der Waals surface area contributed by atoms with Crippen LogP contribution in [0, 0.1) is 22.9 Å². The number of aryl methyl sites for hydroxylation is 1. The molecule has 0 spiro atoms. The van der Waals surface area contributed by atoms with Crippen LogP contribution in [0.4, 0.5) is 10.1 Å². The fraction of sp³-hybridized carbons (Fsp3) is 0.200. The van der Waals surface area contributed by atoms with Gasteiger partial charge in [0.15, 0.2) is 0 Å². The van der Waals surface area contributed by atoms with E-state index >= 15 is 0 Å². The predicted octanol–water partition coefficient (Wildman–Crippen LogP) is 3.85. The highest BCUT2D eigenvalue weighted by Gasteiger charge is 2.16. The second-order valence-electron chi connectivity index (χ2n) is 4.75. The van der Waals surface area contributed by atoms with Crippen LogP contribution in [0.2, 0.25) is 0 Å². The van der Waals surface area contributed by atoms with E-state index in [4.69, 9.17) is 10.5 Å². The van der Waals surface area contributed by atoms with E-state index in [1.807, 2.05) is 0 Å². The Kier molecular flexibility index (Phi) is 4.18. The smallest absolute Gasteiger partial charge is 0.272 e. The van der Waals surface area contributed by atoms with Gasteiger partial charge in [0.2, 0.25) is 0 Å². The molecule has 2 rings (SSSR count). The van der Waals surface area contributed by atoms with Gasteiger partial charge >= 0.3 is 0 Å². The molecule has 5 nitrogen and oxygen atoms in total. The summed E-state index contributed by atoms with van der Waals surface area (Å²) in [6.45, 7) is 3.27. The van der Waals surface area contributed by atoms with Crippen molar-refractivity contribution in [2.75, 3.05) is 0 Å². The van der Waals surface area contributed by atoms with Gasteiger partial charge in [-0.3, -0.25) is 10.1 Å². The van der Waals surface area contributed by atoms with Crippen molar-refractivity contribution in [3.05, 3.63) is 63.5 Å². The van der Waals surface area contributed by atoms with Crippen LogP contribution in [-0.2, 0) is 0 Å². The fourth-order valence-electron chi connectivity index (χ4n) is 2.07. The molecule has 0 bridgehead atoms. The monoisotopic (exact) mass is 290 g/mol. The lowest BCUT2D eigenvalue weighted by Crippen LogP contribution is -2.09. The van der Waals surface area contributed by atoms with Gasteiger partial charge in [0.05, 0.1) is 4.92 Å². The second kappa shape index (κ2) is 5.88. The molecule has 0 aromatic heterocycles. The maximum Gasteiger partial charge on any atom is 0.272 e. The largest absolute Gasteiger partial charge is 0.457 e. The lowest BCUT2D eigenvalue weighted by molar-refractivity contribution is -0.385. The lowest BCUT2D eigenvalue weighted by atomic mass is 10.1. The number of nitrogens with zero attached hydrogens (tertiary/aromatic N) is 1. The summed E-state index contributed by atoms with van der Waals surface area (Å²) < 4.78 is 19.4. The molecule has 0 aliphatic heterocycles. The summed E-state index contributed by atoms with van der Waals surface area (Å²) in [4.78, 5) is 10.3. The number of hydrogen-bond acceptors (Lipinski definition) is 4. The second-order valence-corrected chi connectivity index (χ2v) is 4.75. The Labute approximate surface area is 121 Å². The number of nitrogens with two attached hydrogens (primary N) is 1. The molecule has 2 aromatic carbocycles. The number of ether oxygens (including phenoxy) is 1. The first-order valence-electron chi connectivity index (χ1n) is 6.37. The van der Waals surface area contributed by atoms with Gasteiger partial charge in [0, 0.05) is 23.2 Å². The van der Waals surface area contributed by atoms with Crippen LogP contribution < -0.4 is 10.5 Å². The number of benzene rings is 2. The van der Waals surface area contributed by atoms with Gasteiger partial charge in [-0.05, 0) is 38.1 Å². The van der Waals surface area contributed by atoms with Crippen molar-refractivity contribution in [3.63, 3.8) is 0 Å². The van der Waals surface area contributed by atoms with E-state index in [9.17, 15) is 14.5 Å². The molecule has 0 heterocycles. The number of rotatable bonds is 4. The van der Waals surface area contributed by atoms with Crippen molar-refractivity contribution >= 4 is 5.69 Å². The van der Waals surface area contributed by atoms with E-state index in [2.05, 4.69) is 0 Å². The third-order valence-corrected chi connectivity index (χ3v) is 3.06. The molecule has 2 N–H and O–H groups in total. The molecule has 0 radical (unpaired) electrons. The molecule has 0 aliphatic carbocycles. The third kappa shape index (κ3) is 3.17. The summed E-state index contributed by atoms with van der Waals surface area (Å²) in [5, 5.41) is 10.8. The van der Waals surface area contributed by atoms with Crippen LogP contribution in [-0.4, -0.2) is 4.92 Å². The van der Waals surface area contributed by atoms with Crippen LogP contribution >= 0.6 is 0 Å². The Morgan fingerprint density at radius 2 is 2.05 bits per heavy atom. The Morgan fingerprint density at radius 1 is 1.33 bits per heavy atom. The molecule has 0 fully saturated rings. The highest BCUT2D eigenvalue weighted by molar-refractivity contribution is 5.47. The first kappa shape index (κ1) is 14.9. The van der Waals surface area contributed by atoms with Crippen molar-refractivity contribution in [3.8, 4) is 11.5 Å². The number of nitro benzene ring substituents is 1. The summed E-state index contributed by atoms with van der Waals surface area (Å²) in [7, 11) is 0. The zero-order valence-electron chi connectivity index (χ0n) is 11.7. The van der Waals surface area contributed by atoms with Crippen molar-refractivity contribution in [1.82, 2.24) is 0 Å². The van der Waals surface area contributed by atoms with E-state index in [1.165, 1.54) is 30.3 Å². The highest BCUT2D eigenvalue weighted by atomic mass is 19.1. The Bertz CT molecular complexity index is 687. The quantitative estimate of drug-likeness (QED) is 0.685. The minimum atomic E-state index is -0.527. The molecule has 0 saturated carbocycles. The van der Waals surface area contributed by atoms with E-state index in [0.29, 0.717) is 17.1 Å². The van der Waals surface area contributed by atoms with Crippen molar-refractivity contribution in [2.24, 2.45) is 5.73 Å². The van der Waals surface area contributed by atoms with Gasteiger partial charge in [0.1, 0.15) is 17.3 Å². The third-order valence-electron chi connectivity index (χ3n) is 3.06. The zero-order valence-corrected chi connectivity index (χ0v) is 11.7. The number of hydrogen-bond donors (Lipinski definition) is 1. The lowest BCUT2D eigenvalue weighted by Gasteiger charge is -2.14. The van der Waals surface area contributed by atoms with E-state index < -0.39 is 16.8 Å². The minimum Gasteiger partial charge on any atom is -0.457 e. The molecule has 21 heavy (non-hydrogen) atoms. The highest BCUT2D eigenvalue weighted by Crippen LogP contribution is 2.32. The maximum atomic E-state index is 13.8. The van der Waals surface area contributed by atoms with Crippen LogP contribution in [0.25, 0.3) is 0 Å². The SMILES string of the molecule is Cc1cc(Oc2cccc(F)c2C(C)N)ccc1[N+](=O)[O-]. The van der Waals surface area contributed by atoms with Crippen LogP contribution in [0.15, 0.2) is 36.4 Å². The molecule has 1 unspecified atom stereocenters. The average molecular weight is 290 g/mol. The summed E-state index contributed by atoms with van der Waals surface area (Å²) in [5.41, 5.74) is 6.50. The molecular formula is C15H15FN2O3. The van der Waals surface area contributed by atoms with Gasteiger partial charge in [-0.1, -0.05) is 6.07 Å². The molecule has 2 aromatic rings. The van der Waals surface area contributed by atoms with Crippen LogP contribution in [0.3, 0.4) is 0 Å². The van der Waals surface area contributed by atoms with Crippen LogP contribution in [0.5, 0.6) is 11.5 Å². The van der Waals surface area contributed by atoms with E-state index in [-0.39, 0.29) is 11.3 Å². The topological polar surface area (TPSA) is 78.4 Å². The first-order valence-corrected chi connectivity index (χ1v) is 6.37. The Morgan fingerprint density at radius 3 is 2.62 bits per heavy atom. The Balaban J connectivity index is 2.37. The molecule has 0 amide bonds. The minimum absolute atomic E-state index is 0.00834. The molecule has 6 heteroatoms. The molecule has 0 aliphatic rings. The Hall–Kier alpha value is -2.47. The number of halogens is 1. The van der Waals surface area contributed by atoms with Crippen molar-refractivity contribution in [1.29, 1.82) is 0 Å².